The molecule has 1 heterocycles. The molecule has 134 valence electrons. The first-order valence-electron chi connectivity index (χ1n) is 8.12. The van der Waals surface area contributed by atoms with Gasteiger partial charge < -0.3 is 9.47 Å². The van der Waals surface area contributed by atoms with Crippen LogP contribution >= 0.6 is 23.2 Å². The summed E-state index contributed by atoms with van der Waals surface area (Å²) in [6, 6.07) is 13.7. The number of para-hydroxylation sites is 1. The molecule has 0 aliphatic heterocycles. The molecule has 1 unspecified atom stereocenters. The molecule has 4 nitrogen and oxygen atoms in total. The number of rotatable bonds is 3. The fraction of sp³-hybridized carbons (Fsp3) is 0.200. The predicted octanol–water partition coefficient (Wildman–Crippen LogP) is 4.68. The summed E-state index contributed by atoms with van der Waals surface area (Å²) in [5.74, 6) is -0.239. The van der Waals surface area contributed by atoms with E-state index in [2.05, 4.69) is 0 Å². The molecule has 1 atom stereocenters. The molecule has 1 amide bonds. The number of fused-ring (bicyclic) bond motifs is 1. The zero-order chi connectivity index (χ0) is 19.0. The maximum absolute atomic E-state index is 13.1. The van der Waals surface area contributed by atoms with Gasteiger partial charge in [0.15, 0.2) is 0 Å². The lowest BCUT2D eigenvalue weighted by Crippen LogP contribution is -2.31. The molecule has 0 radical (unpaired) electrons. The molecule has 0 saturated carbocycles. The summed E-state index contributed by atoms with van der Waals surface area (Å²) in [5.41, 5.74) is 1.66. The Morgan fingerprint density at radius 1 is 1.12 bits per heavy atom. The van der Waals surface area contributed by atoms with Crippen LogP contribution in [-0.2, 0) is 7.05 Å². The molecule has 1 aromatic heterocycles. The number of amides is 1. The summed E-state index contributed by atoms with van der Waals surface area (Å²) >= 11 is 12.2. The average Bonchev–Trinajstić information content (AvgIpc) is 2.63. The maximum Gasteiger partial charge on any atom is 0.254 e. The normalized spacial score (nSPS) is 12.2. The molecule has 0 N–H and O–H groups in total. The van der Waals surface area contributed by atoms with Gasteiger partial charge in [0.25, 0.3) is 11.5 Å². The van der Waals surface area contributed by atoms with Gasteiger partial charge in [-0.1, -0.05) is 47.5 Å². The zero-order valence-corrected chi connectivity index (χ0v) is 16.2. The lowest BCUT2D eigenvalue weighted by molar-refractivity contribution is 0.0744. The number of halogens is 2. The van der Waals surface area contributed by atoms with Crippen molar-refractivity contribution in [1.29, 1.82) is 0 Å². The first-order chi connectivity index (χ1) is 12.3. The topological polar surface area (TPSA) is 42.3 Å². The molecule has 0 aliphatic rings. The second-order valence-corrected chi connectivity index (χ2v) is 7.07. The van der Waals surface area contributed by atoms with E-state index < -0.39 is 0 Å². The second kappa shape index (κ2) is 7.14. The Hall–Kier alpha value is -2.30. The van der Waals surface area contributed by atoms with Crippen LogP contribution in [-0.4, -0.2) is 22.4 Å². The Morgan fingerprint density at radius 3 is 2.50 bits per heavy atom. The zero-order valence-electron chi connectivity index (χ0n) is 14.7. The fourth-order valence-corrected chi connectivity index (χ4v) is 3.57. The molecule has 0 spiro atoms. The molecule has 26 heavy (non-hydrogen) atoms. The molecule has 0 aliphatic carbocycles. The number of nitrogens with zero attached hydrogens (tertiary/aromatic N) is 2. The van der Waals surface area contributed by atoms with Crippen molar-refractivity contribution in [2.24, 2.45) is 7.05 Å². The van der Waals surface area contributed by atoms with Gasteiger partial charge in [-0.15, -0.1) is 0 Å². The third-order valence-electron chi connectivity index (χ3n) is 4.70. The minimum absolute atomic E-state index is 0.224. The number of pyridine rings is 1. The second-order valence-electron chi connectivity index (χ2n) is 6.23. The lowest BCUT2D eigenvalue weighted by atomic mass is 10.0. The molecule has 6 heteroatoms. The Kier molecular flexibility index (Phi) is 5.08. The van der Waals surface area contributed by atoms with E-state index in [-0.39, 0.29) is 17.5 Å². The van der Waals surface area contributed by atoms with Gasteiger partial charge in [0, 0.05) is 35.6 Å². The monoisotopic (exact) mass is 388 g/mol. The van der Waals surface area contributed by atoms with Gasteiger partial charge in [0.05, 0.1) is 17.1 Å². The van der Waals surface area contributed by atoms with Gasteiger partial charge in [-0.05, 0) is 30.7 Å². The highest BCUT2D eigenvalue weighted by molar-refractivity contribution is 6.35. The SMILES string of the molecule is CC(c1ccc(Cl)cc1Cl)N(C)C(=O)c1cc(=O)n(C)c2ccccc12. The van der Waals surface area contributed by atoms with Crippen molar-refractivity contribution in [2.45, 2.75) is 13.0 Å². The molecule has 0 saturated heterocycles. The van der Waals surface area contributed by atoms with Crippen LogP contribution < -0.4 is 5.56 Å². The van der Waals surface area contributed by atoms with Gasteiger partial charge in [0.1, 0.15) is 0 Å². The largest absolute Gasteiger partial charge is 0.335 e. The van der Waals surface area contributed by atoms with E-state index in [1.165, 1.54) is 10.6 Å². The average molecular weight is 389 g/mol. The molecule has 3 aromatic rings. The molecule has 0 fully saturated rings. The summed E-state index contributed by atoms with van der Waals surface area (Å²) in [6.07, 6.45) is 0. The molecule has 2 aromatic carbocycles. The van der Waals surface area contributed by atoms with Crippen molar-refractivity contribution in [3.05, 3.63) is 80.1 Å². The predicted molar refractivity (Wildman–Crippen MR) is 106 cm³/mol. The quantitative estimate of drug-likeness (QED) is 0.653. The van der Waals surface area contributed by atoms with Gasteiger partial charge in [-0.2, -0.15) is 0 Å². The molecular weight excluding hydrogens is 371 g/mol. The number of hydrogen-bond donors (Lipinski definition) is 0. The van der Waals surface area contributed by atoms with Gasteiger partial charge >= 0.3 is 0 Å². The van der Waals surface area contributed by atoms with Crippen LogP contribution in [0, 0.1) is 0 Å². The minimum Gasteiger partial charge on any atom is -0.335 e. The van der Waals surface area contributed by atoms with Crippen LogP contribution in [0.2, 0.25) is 10.0 Å². The van der Waals surface area contributed by atoms with Crippen molar-refractivity contribution in [2.75, 3.05) is 7.05 Å². The van der Waals surface area contributed by atoms with E-state index in [0.717, 1.165) is 10.9 Å². The van der Waals surface area contributed by atoms with Crippen LogP contribution in [0.1, 0.15) is 28.9 Å². The van der Waals surface area contributed by atoms with Crippen LogP contribution in [0.15, 0.2) is 53.3 Å². The van der Waals surface area contributed by atoms with E-state index in [1.54, 1.807) is 37.2 Å². The standard InChI is InChI=1S/C20H18Cl2N2O2/c1-12(14-9-8-13(21)10-17(14)22)23(2)20(26)16-11-19(25)24(3)18-7-5-4-6-15(16)18/h4-12H,1-3H3. The van der Waals surface area contributed by atoms with Crippen LogP contribution in [0.4, 0.5) is 0 Å². The number of aryl methyl sites for hydroxylation is 1. The summed E-state index contributed by atoms with van der Waals surface area (Å²) in [4.78, 5) is 27.0. The van der Waals surface area contributed by atoms with Crippen molar-refractivity contribution in [3.63, 3.8) is 0 Å². The van der Waals surface area contributed by atoms with E-state index >= 15 is 0 Å². The number of aromatic nitrogens is 1. The number of benzene rings is 2. The highest BCUT2D eigenvalue weighted by Gasteiger charge is 2.23. The highest BCUT2D eigenvalue weighted by Crippen LogP contribution is 2.30. The van der Waals surface area contributed by atoms with Gasteiger partial charge in [-0.3, -0.25) is 9.59 Å². The number of carbonyl (C=O) groups is 1. The third-order valence-corrected chi connectivity index (χ3v) is 5.26. The van der Waals surface area contributed by atoms with Crippen molar-refractivity contribution in [3.8, 4) is 0 Å². The minimum atomic E-state index is -0.282. The van der Waals surface area contributed by atoms with Crippen LogP contribution in [0.3, 0.4) is 0 Å². The third kappa shape index (κ3) is 3.22. The summed E-state index contributed by atoms with van der Waals surface area (Å²) in [5, 5.41) is 1.77. The Balaban J connectivity index is 2.05. The summed E-state index contributed by atoms with van der Waals surface area (Å²) < 4.78 is 1.53. The van der Waals surface area contributed by atoms with Crippen molar-refractivity contribution < 1.29 is 4.79 Å². The first-order valence-corrected chi connectivity index (χ1v) is 8.87. The van der Waals surface area contributed by atoms with Crippen molar-refractivity contribution in [1.82, 2.24) is 9.47 Å². The summed E-state index contributed by atoms with van der Waals surface area (Å²) in [6.45, 7) is 1.89. The molecule has 0 bridgehead atoms. The van der Waals surface area contributed by atoms with Crippen molar-refractivity contribution >= 4 is 40.0 Å². The number of carbonyl (C=O) groups excluding carboxylic acids is 1. The van der Waals surface area contributed by atoms with E-state index in [4.69, 9.17) is 23.2 Å². The van der Waals surface area contributed by atoms with Crippen LogP contribution in [0.5, 0.6) is 0 Å². The Bertz CT molecular complexity index is 1060. The molecular formula is C20H18Cl2N2O2. The number of hydrogen-bond acceptors (Lipinski definition) is 2. The fourth-order valence-electron chi connectivity index (χ4n) is 3.00. The van der Waals surface area contributed by atoms with Gasteiger partial charge in [-0.25, -0.2) is 0 Å². The maximum atomic E-state index is 13.1. The lowest BCUT2D eigenvalue weighted by Gasteiger charge is -2.27. The van der Waals surface area contributed by atoms with Gasteiger partial charge in [0.2, 0.25) is 0 Å². The highest BCUT2D eigenvalue weighted by atomic mass is 35.5. The van der Waals surface area contributed by atoms with E-state index in [9.17, 15) is 9.59 Å². The Morgan fingerprint density at radius 2 is 1.81 bits per heavy atom. The first kappa shape index (κ1) is 18.5. The smallest absolute Gasteiger partial charge is 0.254 e. The van der Waals surface area contributed by atoms with E-state index in [1.807, 2.05) is 31.2 Å². The van der Waals surface area contributed by atoms with Crippen LogP contribution in [0.25, 0.3) is 10.9 Å². The Labute approximate surface area is 161 Å². The van der Waals surface area contributed by atoms with E-state index in [0.29, 0.717) is 21.1 Å². The molecule has 3 rings (SSSR count). The summed E-state index contributed by atoms with van der Waals surface area (Å²) in [7, 11) is 3.39.